The zero-order chi connectivity index (χ0) is 18.4. The highest BCUT2D eigenvalue weighted by Gasteiger charge is 2.19. The first-order valence-electron chi connectivity index (χ1n) is 8.64. The van der Waals surface area contributed by atoms with E-state index >= 15 is 0 Å². The van der Waals surface area contributed by atoms with Gasteiger partial charge in [-0.3, -0.25) is 4.98 Å². The van der Waals surface area contributed by atoms with Gasteiger partial charge in [-0.2, -0.15) is 0 Å². The standard InChI is InChI=1S/C23H15NO3/c1-26-23(25)17-9-5-11-20-22(17)21-16(8-4-10-19(21)27-20)18-12-14-6-2-3-7-15(14)13-24-18/h2-13H,1H3. The average Bonchev–Trinajstić information content (AvgIpc) is 3.11. The van der Waals surface area contributed by atoms with E-state index in [1.807, 2.05) is 48.7 Å². The molecule has 2 heterocycles. The highest BCUT2D eigenvalue weighted by atomic mass is 16.5. The van der Waals surface area contributed by atoms with Crippen LogP contribution in [0.4, 0.5) is 0 Å². The number of carbonyl (C=O) groups excluding carboxylic acids is 1. The third kappa shape index (κ3) is 2.38. The molecule has 3 aromatic carbocycles. The summed E-state index contributed by atoms with van der Waals surface area (Å²) in [4.78, 5) is 17.0. The molecule has 4 heteroatoms. The summed E-state index contributed by atoms with van der Waals surface area (Å²) in [5, 5.41) is 3.82. The molecule has 0 radical (unpaired) electrons. The van der Waals surface area contributed by atoms with Crippen molar-refractivity contribution < 1.29 is 13.9 Å². The second-order valence-corrected chi connectivity index (χ2v) is 6.37. The van der Waals surface area contributed by atoms with E-state index in [1.165, 1.54) is 7.11 Å². The lowest BCUT2D eigenvalue weighted by Gasteiger charge is -2.06. The maximum atomic E-state index is 12.3. The summed E-state index contributed by atoms with van der Waals surface area (Å²) in [7, 11) is 1.38. The highest BCUT2D eigenvalue weighted by Crippen LogP contribution is 2.38. The third-order valence-electron chi connectivity index (χ3n) is 4.83. The molecule has 0 saturated heterocycles. The number of hydrogen-bond donors (Lipinski definition) is 0. The van der Waals surface area contributed by atoms with Crippen molar-refractivity contribution >= 4 is 38.7 Å². The van der Waals surface area contributed by atoms with Gasteiger partial charge in [0.2, 0.25) is 0 Å². The Morgan fingerprint density at radius 2 is 1.63 bits per heavy atom. The van der Waals surface area contributed by atoms with E-state index in [4.69, 9.17) is 9.15 Å². The molecule has 2 aromatic heterocycles. The van der Waals surface area contributed by atoms with Crippen molar-refractivity contribution in [3.05, 3.63) is 78.5 Å². The number of carbonyl (C=O) groups is 1. The minimum atomic E-state index is -0.385. The predicted octanol–water partition coefficient (Wildman–Crippen LogP) is 5.59. The van der Waals surface area contributed by atoms with E-state index in [2.05, 4.69) is 17.1 Å². The molecule has 130 valence electrons. The summed E-state index contributed by atoms with van der Waals surface area (Å²) in [6.45, 7) is 0. The SMILES string of the molecule is COC(=O)c1cccc2oc3cccc(-c4cc5ccccc5cn4)c3c12. The molecule has 0 bridgehead atoms. The molecule has 5 aromatic rings. The zero-order valence-corrected chi connectivity index (χ0v) is 14.6. The minimum absolute atomic E-state index is 0.385. The van der Waals surface area contributed by atoms with E-state index in [-0.39, 0.29) is 5.97 Å². The second-order valence-electron chi connectivity index (χ2n) is 6.37. The van der Waals surface area contributed by atoms with Crippen LogP contribution in [0.5, 0.6) is 0 Å². The first-order valence-corrected chi connectivity index (χ1v) is 8.64. The molecule has 0 N–H and O–H groups in total. The average molecular weight is 353 g/mol. The minimum Gasteiger partial charge on any atom is -0.465 e. The molecule has 0 aliphatic rings. The first-order chi connectivity index (χ1) is 13.3. The monoisotopic (exact) mass is 353 g/mol. The Bertz CT molecular complexity index is 1330. The van der Waals surface area contributed by atoms with Gasteiger partial charge in [0, 0.05) is 27.9 Å². The highest BCUT2D eigenvalue weighted by molar-refractivity contribution is 6.19. The van der Waals surface area contributed by atoms with Crippen molar-refractivity contribution in [2.45, 2.75) is 0 Å². The smallest absolute Gasteiger partial charge is 0.338 e. The van der Waals surface area contributed by atoms with Crippen molar-refractivity contribution in [1.29, 1.82) is 0 Å². The number of esters is 1. The molecule has 4 nitrogen and oxygen atoms in total. The van der Waals surface area contributed by atoms with Gasteiger partial charge in [-0.1, -0.05) is 42.5 Å². The lowest BCUT2D eigenvalue weighted by atomic mass is 9.99. The Hall–Kier alpha value is -3.66. The molecule has 0 unspecified atom stereocenters. The van der Waals surface area contributed by atoms with E-state index in [9.17, 15) is 4.79 Å². The van der Waals surface area contributed by atoms with Gasteiger partial charge < -0.3 is 9.15 Å². The fraction of sp³-hybridized carbons (Fsp3) is 0.0435. The van der Waals surface area contributed by atoms with Crippen LogP contribution in [0, 0.1) is 0 Å². The summed E-state index contributed by atoms with van der Waals surface area (Å²) in [5.41, 5.74) is 3.62. The Labute approximate surface area is 155 Å². The fourth-order valence-electron chi connectivity index (χ4n) is 3.59. The van der Waals surface area contributed by atoms with E-state index in [0.29, 0.717) is 16.7 Å². The van der Waals surface area contributed by atoms with E-state index in [0.717, 1.165) is 32.8 Å². The van der Waals surface area contributed by atoms with Crippen molar-refractivity contribution in [2.24, 2.45) is 0 Å². The van der Waals surface area contributed by atoms with Gasteiger partial charge in [-0.25, -0.2) is 4.79 Å². The van der Waals surface area contributed by atoms with Crippen LogP contribution in [0.3, 0.4) is 0 Å². The van der Waals surface area contributed by atoms with Crippen LogP contribution in [-0.2, 0) is 4.74 Å². The van der Waals surface area contributed by atoms with Gasteiger partial charge in [0.1, 0.15) is 11.2 Å². The number of rotatable bonds is 2. The lowest BCUT2D eigenvalue weighted by molar-refractivity contribution is 0.0603. The molecule has 0 aliphatic carbocycles. The lowest BCUT2D eigenvalue weighted by Crippen LogP contribution is -2.01. The number of benzene rings is 3. The number of aromatic nitrogens is 1. The molecule has 27 heavy (non-hydrogen) atoms. The van der Waals surface area contributed by atoms with Crippen LogP contribution < -0.4 is 0 Å². The van der Waals surface area contributed by atoms with Crippen LogP contribution in [0.15, 0.2) is 77.3 Å². The second kappa shape index (κ2) is 5.95. The fourth-order valence-corrected chi connectivity index (χ4v) is 3.59. The maximum absolute atomic E-state index is 12.3. The quantitative estimate of drug-likeness (QED) is 0.388. The summed E-state index contributed by atoms with van der Waals surface area (Å²) >= 11 is 0. The summed E-state index contributed by atoms with van der Waals surface area (Å²) in [6, 6.07) is 21.4. The maximum Gasteiger partial charge on any atom is 0.338 e. The van der Waals surface area contributed by atoms with E-state index < -0.39 is 0 Å². The largest absolute Gasteiger partial charge is 0.465 e. The van der Waals surface area contributed by atoms with Crippen LogP contribution in [0.2, 0.25) is 0 Å². The Morgan fingerprint density at radius 3 is 2.44 bits per heavy atom. The number of ether oxygens (including phenoxy) is 1. The molecule has 0 saturated carbocycles. The Morgan fingerprint density at radius 1 is 0.889 bits per heavy atom. The molecule has 0 fully saturated rings. The van der Waals surface area contributed by atoms with Crippen LogP contribution >= 0.6 is 0 Å². The van der Waals surface area contributed by atoms with Crippen molar-refractivity contribution in [3.63, 3.8) is 0 Å². The van der Waals surface area contributed by atoms with Crippen LogP contribution in [0.25, 0.3) is 44.0 Å². The van der Waals surface area contributed by atoms with Crippen LogP contribution in [0.1, 0.15) is 10.4 Å². The normalized spacial score (nSPS) is 11.3. The summed E-state index contributed by atoms with van der Waals surface area (Å²) in [5.74, 6) is -0.385. The molecular formula is C23H15NO3. The first kappa shape index (κ1) is 15.6. The molecule has 5 rings (SSSR count). The van der Waals surface area contributed by atoms with Gasteiger partial charge in [0.25, 0.3) is 0 Å². The van der Waals surface area contributed by atoms with Gasteiger partial charge in [-0.05, 0) is 29.7 Å². The third-order valence-corrected chi connectivity index (χ3v) is 4.83. The molecular weight excluding hydrogens is 338 g/mol. The number of furan rings is 1. The van der Waals surface area contributed by atoms with Crippen molar-refractivity contribution in [1.82, 2.24) is 4.98 Å². The van der Waals surface area contributed by atoms with Crippen molar-refractivity contribution in [3.8, 4) is 11.3 Å². The number of methoxy groups -OCH3 is 1. The predicted molar refractivity (Wildman–Crippen MR) is 106 cm³/mol. The van der Waals surface area contributed by atoms with Crippen molar-refractivity contribution in [2.75, 3.05) is 7.11 Å². The molecule has 0 aliphatic heterocycles. The Balaban J connectivity index is 1.88. The number of pyridine rings is 1. The van der Waals surface area contributed by atoms with Gasteiger partial charge in [0.15, 0.2) is 0 Å². The zero-order valence-electron chi connectivity index (χ0n) is 14.6. The van der Waals surface area contributed by atoms with Gasteiger partial charge in [-0.15, -0.1) is 0 Å². The number of hydrogen-bond acceptors (Lipinski definition) is 4. The van der Waals surface area contributed by atoms with E-state index in [1.54, 1.807) is 12.1 Å². The molecule has 0 spiro atoms. The van der Waals surface area contributed by atoms with Gasteiger partial charge >= 0.3 is 5.97 Å². The summed E-state index contributed by atoms with van der Waals surface area (Å²) < 4.78 is 11.0. The Kier molecular flexibility index (Phi) is 3.44. The summed E-state index contributed by atoms with van der Waals surface area (Å²) in [6.07, 6.45) is 1.87. The topological polar surface area (TPSA) is 52.3 Å². The molecule has 0 atom stereocenters. The number of fused-ring (bicyclic) bond motifs is 4. The molecule has 0 amide bonds. The van der Waals surface area contributed by atoms with Crippen LogP contribution in [-0.4, -0.2) is 18.1 Å². The van der Waals surface area contributed by atoms with Gasteiger partial charge in [0.05, 0.1) is 18.4 Å². The number of nitrogens with zero attached hydrogens (tertiary/aromatic N) is 1.